The quantitative estimate of drug-likeness (QED) is 0.315. The van der Waals surface area contributed by atoms with E-state index in [9.17, 15) is 9.90 Å². The molecule has 5 aromatic rings. The maximum absolute atomic E-state index is 12.6. The SMILES string of the molecule is Cc1cc2oc(=O)c3cc(-c4ccc5ccccc5c4O)cnc3c2cc1C. The monoisotopic (exact) mass is 367 g/mol. The van der Waals surface area contributed by atoms with Crippen LogP contribution in [0.25, 0.3) is 43.8 Å². The molecule has 0 aliphatic heterocycles. The molecule has 4 heteroatoms. The predicted octanol–water partition coefficient (Wildman–Crippen LogP) is 5.48. The van der Waals surface area contributed by atoms with Crippen LogP contribution in [-0.4, -0.2) is 10.1 Å². The minimum Gasteiger partial charge on any atom is -0.507 e. The number of fused-ring (bicyclic) bond motifs is 4. The smallest absolute Gasteiger partial charge is 0.345 e. The number of aromatic hydroxyl groups is 1. The van der Waals surface area contributed by atoms with Crippen LogP contribution in [0.4, 0.5) is 0 Å². The third kappa shape index (κ3) is 2.38. The molecular weight excluding hydrogens is 350 g/mol. The van der Waals surface area contributed by atoms with E-state index in [4.69, 9.17) is 4.42 Å². The van der Waals surface area contributed by atoms with Crippen molar-refractivity contribution in [2.24, 2.45) is 0 Å². The molecule has 0 unspecified atom stereocenters. The number of nitrogens with zero attached hydrogens (tertiary/aromatic N) is 1. The second kappa shape index (κ2) is 5.92. The first-order valence-corrected chi connectivity index (χ1v) is 9.08. The third-order valence-electron chi connectivity index (χ3n) is 5.37. The summed E-state index contributed by atoms with van der Waals surface area (Å²) < 4.78 is 5.54. The summed E-state index contributed by atoms with van der Waals surface area (Å²) >= 11 is 0. The molecule has 0 saturated heterocycles. The van der Waals surface area contributed by atoms with Gasteiger partial charge in [0, 0.05) is 28.1 Å². The minimum absolute atomic E-state index is 0.177. The van der Waals surface area contributed by atoms with Crippen LogP contribution in [0, 0.1) is 13.8 Å². The van der Waals surface area contributed by atoms with E-state index in [2.05, 4.69) is 4.98 Å². The highest BCUT2D eigenvalue weighted by Crippen LogP contribution is 2.36. The van der Waals surface area contributed by atoms with E-state index in [0.717, 1.165) is 27.3 Å². The van der Waals surface area contributed by atoms with Crippen molar-refractivity contribution in [1.29, 1.82) is 0 Å². The van der Waals surface area contributed by atoms with E-state index in [1.807, 2.05) is 62.4 Å². The van der Waals surface area contributed by atoms with Crippen LogP contribution in [0.5, 0.6) is 5.75 Å². The minimum atomic E-state index is -0.430. The molecular formula is C24H17NO3. The lowest BCUT2D eigenvalue weighted by atomic mass is 9.99. The molecule has 0 aliphatic carbocycles. The van der Waals surface area contributed by atoms with Gasteiger partial charge < -0.3 is 9.52 Å². The zero-order valence-corrected chi connectivity index (χ0v) is 15.5. The van der Waals surface area contributed by atoms with Crippen molar-refractivity contribution in [3.05, 3.63) is 82.3 Å². The Morgan fingerprint density at radius 1 is 0.893 bits per heavy atom. The average Bonchev–Trinajstić information content (AvgIpc) is 2.70. The van der Waals surface area contributed by atoms with Crippen LogP contribution >= 0.6 is 0 Å². The molecule has 1 N–H and O–H groups in total. The van der Waals surface area contributed by atoms with E-state index in [1.54, 1.807) is 12.3 Å². The zero-order valence-electron chi connectivity index (χ0n) is 15.5. The highest BCUT2D eigenvalue weighted by atomic mass is 16.4. The number of aromatic nitrogens is 1. The van der Waals surface area contributed by atoms with Gasteiger partial charge in [-0.1, -0.05) is 30.3 Å². The zero-order chi connectivity index (χ0) is 19.4. The standard InChI is InChI=1S/C24H17NO3/c1-13-9-19-21(10-14(13)2)28-24(27)20-11-16(12-25-22(19)20)18-8-7-15-5-3-4-6-17(15)23(18)26/h3-12,26H,1-2H3. The number of hydrogen-bond donors (Lipinski definition) is 1. The first-order chi connectivity index (χ1) is 13.5. The molecule has 3 aromatic carbocycles. The van der Waals surface area contributed by atoms with Gasteiger partial charge in [0.2, 0.25) is 0 Å². The fourth-order valence-corrected chi connectivity index (χ4v) is 3.68. The van der Waals surface area contributed by atoms with Crippen molar-refractivity contribution in [2.45, 2.75) is 13.8 Å². The number of pyridine rings is 1. The lowest BCUT2D eigenvalue weighted by Gasteiger charge is -2.10. The molecule has 0 fully saturated rings. The van der Waals surface area contributed by atoms with Crippen molar-refractivity contribution in [3.8, 4) is 16.9 Å². The molecule has 0 amide bonds. The van der Waals surface area contributed by atoms with E-state index in [1.165, 1.54) is 0 Å². The van der Waals surface area contributed by atoms with Gasteiger partial charge in [-0.05, 0) is 54.6 Å². The van der Waals surface area contributed by atoms with Gasteiger partial charge in [-0.15, -0.1) is 0 Å². The molecule has 4 nitrogen and oxygen atoms in total. The normalized spacial score (nSPS) is 11.5. The number of phenolic OH excluding ortho intramolecular Hbond substituents is 1. The van der Waals surface area contributed by atoms with Gasteiger partial charge in [0.15, 0.2) is 0 Å². The third-order valence-corrected chi connectivity index (χ3v) is 5.37. The molecule has 136 valence electrons. The highest BCUT2D eigenvalue weighted by Gasteiger charge is 2.14. The van der Waals surface area contributed by atoms with Crippen molar-refractivity contribution >= 4 is 32.6 Å². The van der Waals surface area contributed by atoms with Crippen molar-refractivity contribution in [3.63, 3.8) is 0 Å². The predicted molar refractivity (Wildman–Crippen MR) is 112 cm³/mol. The first-order valence-electron chi connectivity index (χ1n) is 9.08. The van der Waals surface area contributed by atoms with Gasteiger partial charge in [0.05, 0.1) is 10.9 Å². The van der Waals surface area contributed by atoms with Crippen LogP contribution < -0.4 is 5.63 Å². The van der Waals surface area contributed by atoms with Gasteiger partial charge >= 0.3 is 5.63 Å². The van der Waals surface area contributed by atoms with Crippen LogP contribution in [-0.2, 0) is 0 Å². The van der Waals surface area contributed by atoms with E-state index < -0.39 is 5.63 Å². The fraction of sp³-hybridized carbons (Fsp3) is 0.0833. The van der Waals surface area contributed by atoms with Crippen LogP contribution in [0.3, 0.4) is 0 Å². The lowest BCUT2D eigenvalue weighted by Crippen LogP contribution is -2.02. The Morgan fingerprint density at radius 3 is 2.54 bits per heavy atom. The van der Waals surface area contributed by atoms with Crippen LogP contribution in [0.2, 0.25) is 0 Å². The first kappa shape index (κ1) is 16.5. The Labute approximate surface area is 160 Å². The largest absolute Gasteiger partial charge is 0.507 e. The Hall–Kier alpha value is -3.66. The second-order valence-corrected chi connectivity index (χ2v) is 7.13. The van der Waals surface area contributed by atoms with Gasteiger partial charge in [0.25, 0.3) is 0 Å². The summed E-state index contributed by atoms with van der Waals surface area (Å²) in [6.45, 7) is 4.01. The Kier molecular flexibility index (Phi) is 3.49. The van der Waals surface area contributed by atoms with Crippen molar-refractivity contribution in [1.82, 2.24) is 4.98 Å². The molecule has 0 saturated carbocycles. The molecule has 0 radical (unpaired) electrons. The summed E-state index contributed by atoms with van der Waals surface area (Å²) in [5.74, 6) is 0.177. The molecule has 0 atom stereocenters. The molecule has 2 aromatic heterocycles. The Bertz CT molecular complexity index is 1460. The van der Waals surface area contributed by atoms with Gasteiger partial charge in [0.1, 0.15) is 11.3 Å². The Balaban J connectivity index is 1.80. The van der Waals surface area contributed by atoms with Crippen molar-refractivity contribution < 1.29 is 9.52 Å². The fourth-order valence-electron chi connectivity index (χ4n) is 3.68. The highest BCUT2D eigenvalue weighted by molar-refractivity contribution is 6.04. The molecule has 0 spiro atoms. The molecule has 0 aliphatic rings. The van der Waals surface area contributed by atoms with Gasteiger partial charge in [-0.3, -0.25) is 4.98 Å². The number of rotatable bonds is 1. The summed E-state index contributed by atoms with van der Waals surface area (Å²) in [5.41, 5.74) is 4.19. The van der Waals surface area contributed by atoms with Crippen LogP contribution in [0.1, 0.15) is 11.1 Å². The maximum Gasteiger partial charge on any atom is 0.345 e. The molecule has 5 rings (SSSR count). The second-order valence-electron chi connectivity index (χ2n) is 7.13. The van der Waals surface area contributed by atoms with E-state index in [0.29, 0.717) is 27.6 Å². The maximum atomic E-state index is 12.6. The van der Waals surface area contributed by atoms with Crippen LogP contribution in [0.15, 0.2) is 70.0 Å². The Morgan fingerprint density at radius 2 is 1.68 bits per heavy atom. The van der Waals surface area contributed by atoms with Gasteiger partial charge in [-0.2, -0.15) is 0 Å². The number of hydrogen-bond acceptors (Lipinski definition) is 4. The summed E-state index contributed by atoms with van der Waals surface area (Å²) in [7, 11) is 0. The number of benzene rings is 3. The molecule has 0 bridgehead atoms. The average molecular weight is 367 g/mol. The number of aryl methyl sites for hydroxylation is 2. The topological polar surface area (TPSA) is 63.3 Å². The molecule has 28 heavy (non-hydrogen) atoms. The van der Waals surface area contributed by atoms with E-state index >= 15 is 0 Å². The summed E-state index contributed by atoms with van der Waals surface area (Å²) in [4.78, 5) is 17.2. The lowest BCUT2D eigenvalue weighted by molar-refractivity contribution is 0.483. The molecule has 2 heterocycles. The summed E-state index contributed by atoms with van der Waals surface area (Å²) in [6.07, 6.45) is 1.69. The van der Waals surface area contributed by atoms with Gasteiger partial charge in [-0.25, -0.2) is 4.79 Å². The number of phenols is 1. The summed E-state index contributed by atoms with van der Waals surface area (Å²) in [5, 5.41) is 13.7. The summed E-state index contributed by atoms with van der Waals surface area (Å²) in [6, 6.07) is 17.0. The van der Waals surface area contributed by atoms with Crippen molar-refractivity contribution in [2.75, 3.05) is 0 Å². The van der Waals surface area contributed by atoms with E-state index in [-0.39, 0.29) is 5.75 Å².